The van der Waals surface area contributed by atoms with Gasteiger partial charge in [0, 0.05) is 56.1 Å². The number of likely N-dealkylation sites (N-methyl/N-ethyl adjacent to an activating group) is 2. The van der Waals surface area contributed by atoms with Crippen molar-refractivity contribution in [3.63, 3.8) is 0 Å². The number of amides is 3. The first kappa shape index (κ1) is 30.7. The van der Waals surface area contributed by atoms with E-state index in [1.54, 1.807) is 28.5 Å². The molecule has 1 saturated heterocycles. The minimum Gasteiger partial charge on any atom is -0.448 e. The molecule has 11 heteroatoms. The molecule has 0 radical (unpaired) electrons. The third-order valence-corrected chi connectivity index (χ3v) is 8.80. The number of nitrogens with one attached hydrogen (secondary N) is 2. The number of unbranched alkanes of at least 4 members (excludes halogenated alkanes) is 1. The molecule has 1 atom stereocenters. The van der Waals surface area contributed by atoms with Crippen LogP contribution in [0.15, 0.2) is 66.0 Å². The Bertz CT molecular complexity index is 1410. The highest BCUT2D eigenvalue weighted by molar-refractivity contribution is 7.14. The highest BCUT2D eigenvalue weighted by atomic mass is 32.1. The van der Waals surface area contributed by atoms with Crippen LogP contribution in [-0.4, -0.2) is 74.1 Å². The summed E-state index contributed by atoms with van der Waals surface area (Å²) in [4.78, 5) is 47.9. The number of hydrogen-bond donors (Lipinski definition) is 2. The quantitative estimate of drug-likeness (QED) is 0.331. The molecule has 1 unspecified atom stereocenters. The summed E-state index contributed by atoms with van der Waals surface area (Å²) in [5, 5.41) is 6.54. The maximum atomic E-state index is 14.5. The second-order valence-electron chi connectivity index (χ2n) is 10.9. The molecule has 1 fully saturated rings. The van der Waals surface area contributed by atoms with Crippen molar-refractivity contribution >= 4 is 39.9 Å². The summed E-state index contributed by atoms with van der Waals surface area (Å²) in [6.07, 6.45) is 0.970. The van der Waals surface area contributed by atoms with Crippen molar-refractivity contribution in [1.82, 2.24) is 20.5 Å². The van der Waals surface area contributed by atoms with Crippen LogP contribution in [0.3, 0.4) is 0 Å². The van der Waals surface area contributed by atoms with Crippen molar-refractivity contribution in [2.24, 2.45) is 0 Å². The molecule has 1 aromatic heterocycles. The fourth-order valence-corrected chi connectivity index (χ4v) is 6.28. The average molecular weight is 605 g/mol. The fraction of sp³-hybridized carbons (Fsp3) is 0.406. The number of para-hydroxylation sites is 1. The van der Waals surface area contributed by atoms with Crippen LogP contribution in [0.2, 0.25) is 0 Å². The summed E-state index contributed by atoms with van der Waals surface area (Å²) in [6.45, 7) is 9.39. The second kappa shape index (κ2) is 13.7. The van der Waals surface area contributed by atoms with E-state index in [-0.39, 0.29) is 6.61 Å². The van der Waals surface area contributed by atoms with Gasteiger partial charge in [-0.25, -0.2) is 4.79 Å². The first-order chi connectivity index (χ1) is 20.9. The smallest absolute Gasteiger partial charge is 0.429 e. The Morgan fingerprint density at radius 1 is 1.00 bits per heavy atom. The molecule has 2 N–H and O–H groups in total. The van der Waals surface area contributed by atoms with Crippen molar-refractivity contribution in [2.45, 2.75) is 38.9 Å². The zero-order valence-electron chi connectivity index (χ0n) is 25.0. The van der Waals surface area contributed by atoms with Crippen LogP contribution in [0.5, 0.6) is 0 Å². The number of benzene rings is 2. The van der Waals surface area contributed by atoms with E-state index < -0.39 is 23.6 Å². The Kier molecular flexibility index (Phi) is 9.76. The normalized spacial score (nSPS) is 18.7. The monoisotopic (exact) mass is 604 g/mol. The van der Waals surface area contributed by atoms with Gasteiger partial charge in [-0.2, -0.15) is 10.4 Å². The predicted molar refractivity (Wildman–Crippen MR) is 169 cm³/mol. The summed E-state index contributed by atoms with van der Waals surface area (Å²) in [6, 6.07) is 18.5. The molecular weight excluding hydrogens is 564 g/mol. The molecule has 228 valence electrons. The Hall–Kier alpha value is -3.77. The second-order valence-corrected chi connectivity index (χ2v) is 11.8. The summed E-state index contributed by atoms with van der Waals surface area (Å²) >= 11 is 1.30. The Balaban J connectivity index is 1.43. The van der Waals surface area contributed by atoms with E-state index in [2.05, 4.69) is 27.6 Å². The highest BCUT2D eigenvalue weighted by Crippen LogP contribution is 2.42. The van der Waals surface area contributed by atoms with Gasteiger partial charge in [-0.3, -0.25) is 14.5 Å². The van der Waals surface area contributed by atoms with Gasteiger partial charge in [0.05, 0.1) is 6.61 Å². The number of fused-ring (bicyclic) bond motifs is 1. The fourth-order valence-electron chi connectivity index (χ4n) is 5.37. The van der Waals surface area contributed by atoms with Gasteiger partial charge in [0.15, 0.2) is 0 Å². The van der Waals surface area contributed by atoms with Crippen LogP contribution in [0.4, 0.5) is 15.5 Å². The van der Waals surface area contributed by atoms with Gasteiger partial charge in [-0.15, -0.1) is 11.3 Å². The van der Waals surface area contributed by atoms with Gasteiger partial charge < -0.3 is 19.9 Å². The number of anilines is 2. The Morgan fingerprint density at radius 3 is 2.40 bits per heavy atom. The molecule has 0 aliphatic carbocycles. The minimum atomic E-state index is -1.74. The van der Waals surface area contributed by atoms with Crippen LogP contribution < -0.4 is 20.7 Å². The van der Waals surface area contributed by atoms with Gasteiger partial charge in [0.2, 0.25) is 5.66 Å². The molecule has 2 aromatic carbocycles. The molecule has 43 heavy (non-hydrogen) atoms. The Labute approximate surface area is 257 Å². The van der Waals surface area contributed by atoms with Crippen molar-refractivity contribution in [3.05, 3.63) is 82.7 Å². The SMILES string of the molecule is CCCCOC(=O)N1NC(NC(=O)c2ccc(CN3CCN(C)CC3)cc2)(C(=O)N(CC)c2ccccc2)c2ccsc21. The lowest BCUT2D eigenvalue weighted by Crippen LogP contribution is -2.66. The van der Waals surface area contributed by atoms with Crippen molar-refractivity contribution in [2.75, 3.05) is 56.3 Å². The average Bonchev–Trinajstić information content (AvgIpc) is 3.63. The first-order valence-corrected chi connectivity index (χ1v) is 15.8. The van der Waals surface area contributed by atoms with Crippen molar-refractivity contribution in [1.29, 1.82) is 0 Å². The molecule has 0 saturated carbocycles. The number of piperazine rings is 1. The predicted octanol–water partition coefficient (Wildman–Crippen LogP) is 4.39. The van der Waals surface area contributed by atoms with Crippen LogP contribution in [0.25, 0.3) is 0 Å². The molecule has 3 aromatic rings. The van der Waals surface area contributed by atoms with Gasteiger partial charge in [0.25, 0.3) is 11.8 Å². The van der Waals surface area contributed by atoms with E-state index in [1.807, 2.05) is 56.3 Å². The molecule has 3 heterocycles. The van der Waals surface area contributed by atoms with E-state index in [0.717, 1.165) is 51.1 Å². The van der Waals surface area contributed by atoms with Crippen molar-refractivity contribution < 1.29 is 19.1 Å². The zero-order valence-corrected chi connectivity index (χ0v) is 25.9. The van der Waals surface area contributed by atoms with Crippen LogP contribution in [0, 0.1) is 0 Å². The number of carbonyl (C=O) groups excluding carboxylic acids is 3. The first-order valence-electron chi connectivity index (χ1n) is 14.9. The summed E-state index contributed by atoms with van der Waals surface area (Å²) in [7, 11) is 2.13. The lowest BCUT2D eigenvalue weighted by Gasteiger charge is -2.35. The van der Waals surface area contributed by atoms with E-state index in [1.165, 1.54) is 16.3 Å². The number of nitrogens with zero attached hydrogens (tertiary/aromatic N) is 4. The molecule has 0 spiro atoms. The third-order valence-electron chi connectivity index (χ3n) is 7.91. The van der Waals surface area contributed by atoms with E-state index in [4.69, 9.17) is 4.74 Å². The van der Waals surface area contributed by atoms with Crippen molar-refractivity contribution in [3.8, 4) is 0 Å². The molecule has 5 rings (SSSR count). The standard InChI is InChI=1S/C32H40N6O4S/c1-4-6-21-42-31(41)38-29-27(16-22-43-29)32(34-38,30(40)37(5-2)26-10-8-7-9-11-26)33-28(39)25-14-12-24(13-15-25)23-36-19-17-35(3)18-20-36/h7-16,22,34H,4-6,17-21,23H2,1-3H3,(H,33,39). The maximum Gasteiger partial charge on any atom is 0.429 e. The number of thiophene rings is 1. The van der Waals surface area contributed by atoms with E-state index in [9.17, 15) is 14.4 Å². The number of rotatable bonds is 10. The number of ether oxygens (including phenoxy) is 1. The van der Waals surface area contributed by atoms with Gasteiger partial charge in [0.1, 0.15) is 5.00 Å². The zero-order chi connectivity index (χ0) is 30.4. The van der Waals surface area contributed by atoms with E-state index in [0.29, 0.717) is 28.4 Å². The molecule has 10 nitrogen and oxygen atoms in total. The molecular formula is C32H40N6O4S. The largest absolute Gasteiger partial charge is 0.448 e. The molecule has 3 amide bonds. The van der Waals surface area contributed by atoms with Crippen LogP contribution in [-0.2, 0) is 21.7 Å². The lowest BCUT2D eigenvalue weighted by molar-refractivity contribution is -0.126. The van der Waals surface area contributed by atoms with E-state index >= 15 is 0 Å². The topological polar surface area (TPSA) is 97.5 Å². The van der Waals surface area contributed by atoms with Gasteiger partial charge >= 0.3 is 6.09 Å². The number of carbonyl (C=O) groups is 3. The lowest BCUT2D eigenvalue weighted by atomic mass is 10.00. The summed E-state index contributed by atoms with van der Waals surface area (Å²) in [5.41, 5.74) is 4.04. The maximum absolute atomic E-state index is 14.5. The van der Waals surface area contributed by atoms with Gasteiger partial charge in [-0.05, 0) is 61.7 Å². The third kappa shape index (κ3) is 6.59. The molecule has 2 aliphatic heterocycles. The van der Waals surface area contributed by atoms with Crippen LogP contribution in [0.1, 0.15) is 48.2 Å². The minimum absolute atomic E-state index is 0.257. The summed E-state index contributed by atoms with van der Waals surface area (Å²) < 4.78 is 5.50. The number of hydrogen-bond acceptors (Lipinski definition) is 8. The van der Waals surface area contributed by atoms with Gasteiger partial charge in [-0.1, -0.05) is 43.7 Å². The molecule has 2 aliphatic rings. The summed E-state index contributed by atoms with van der Waals surface area (Å²) in [5.74, 6) is -0.848. The molecule has 0 bridgehead atoms. The Morgan fingerprint density at radius 2 is 1.72 bits per heavy atom. The highest BCUT2D eigenvalue weighted by Gasteiger charge is 2.54. The number of hydrazine groups is 1. The van der Waals surface area contributed by atoms with Crippen LogP contribution >= 0.6 is 11.3 Å².